The van der Waals surface area contributed by atoms with E-state index in [4.69, 9.17) is 9.47 Å². The topological polar surface area (TPSA) is 89.3 Å². The smallest absolute Gasteiger partial charge is 0.275 e. The van der Waals surface area contributed by atoms with E-state index in [1.807, 2.05) is 29.2 Å². The molecule has 0 saturated carbocycles. The molecule has 3 aromatic rings. The normalized spacial score (nSPS) is 19.2. The molecule has 156 valence electrons. The summed E-state index contributed by atoms with van der Waals surface area (Å²) in [6, 6.07) is 8.87. The Morgan fingerprint density at radius 2 is 1.97 bits per heavy atom. The van der Waals surface area contributed by atoms with Crippen molar-refractivity contribution in [3.05, 3.63) is 51.4 Å². The quantitative estimate of drug-likeness (QED) is 0.615. The molecule has 0 unspecified atom stereocenters. The number of benzene rings is 1. The van der Waals surface area contributed by atoms with Crippen molar-refractivity contribution in [3.8, 4) is 11.5 Å². The van der Waals surface area contributed by atoms with Gasteiger partial charge in [-0.2, -0.15) is 9.61 Å². The summed E-state index contributed by atoms with van der Waals surface area (Å²) in [5.41, 5.74) is 0.533. The molecule has 2 aromatic heterocycles. The summed E-state index contributed by atoms with van der Waals surface area (Å²) in [6.07, 6.45) is -0.614. The van der Waals surface area contributed by atoms with E-state index in [1.165, 1.54) is 21.9 Å². The fourth-order valence-electron chi connectivity index (χ4n) is 3.69. The van der Waals surface area contributed by atoms with E-state index >= 15 is 0 Å². The van der Waals surface area contributed by atoms with Gasteiger partial charge in [-0.15, -0.1) is 0 Å². The zero-order valence-electron chi connectivity index (χ0n) is 16.5. The van der Waals surface area contributed by atoms with Gasteiger partial charge in [0.2, 0.25) is 11.1 Å². The Morgan fingerprint density at radius 1 is 1.20 bits per heavy atom. The molecule has 1 atom stereocenters. The SMILES string of the molecule is Cc1cc(=O)n2nc(CN3CCN(C(=O)[C@H]4COc5ccccc5O4)CC3)sc2n1. The molecule has 10 heteroatoms. The second-order valence-electron chi connectivity index (χ2n) is 7.39. The summed E-state index contributed by atoms with van der Waals surface area (Å²) >= 11 is 1.42. The lowest BCUT2D eigenvalue weighted by atomic mass is 10.2. The maximum atomic E-state index is 12.9. The van der Waals surface area contributed by atoms with Crippen LogP contribution < -0.4 is 15.0 Å². The number of para-hydroxylation sites is 2. The Kier molecular flexibility index (Phi) is 4.87. The molecule has 0 aliphatic carbocycles. The maximum Gasteiger partial charge on any atom is 0.275 e. The minimum Gasteiger partial charge on any atom is -0.485 e. The first-order valence-corrected chi connectivity index (χ1v) is 10.6. The third kappa shape index (κ3) is 3.63. The molecule has 2 aliphatic rings. The molecule has 9 nitrogen and oxygen atoms in total. The monoisotopic (exact) mass is 427 g/mol. The molecule has 1 amide bonds. The van der Waals surface area contributed by atoms with Crippen LogP contribution in [0.25, 0.3) is 4.96 Å². The van der Waals surface area contributed by atoms with E-state index in [0.717, 1.165) is 18.1 Å². The zero-order chi connectivity index (χ0) is 20.7. The summed E-state index contributed by atoms with van der Waals surface area (Å²) < 4.78 is 12.9. The lowest BCUT2D eigenvalue weighted by molar-refractivity contribution is -0.143. The van der Waals surface area contributed by atoms with Gasteiger partial charge in [-0.25, -0.2) is 4.98 Å². The molecule has 1 fully saturated rings. The van der Waals surface area contributed by atoms with Crippen LogP contribution in [0.2, 0.25) is 0 Å². The Bertz CT molecular complexity index is 1150. The first-order chi connectivity index (χ1) is 14.6. The summed E-state index contributed by atoms with van der Waals surface area (Å²) in [5.74, 6) is 1.23. The van der Waals surface area contributed by atoms with E-state index in [9.17, 15) is 9.59 Å². The average Bonchev–Trinajstić information content (AvgIpc) is 3.16. The van der Waals surface area contributed by atoms with Crippen LogP contribution in [0.15, 0.2) is 35.1 Å². The van der Waals surface area contributed by atoms with Crippen molar-refractivity contribution in [2.75, 3.05) is 32.8 Å². The fourth-order valence-corrected chi connectivity index (χ4v) is 4.67. The Morgan fingerprint density at radius 3 is 2.77 bits per heavy atom. The number of fused-ring (bicyclic) bond motifs is 2. The van der Waals surface area contributed by atoms with Gasteiger partial charge in [-0.1, -0.05) is 23.5 Å². The number of amides is 1. The van der Waals surface area contributed by atoms with Crippen LogP contribution in [-0.4, -0.2) is 69.2 Å². The lowest BCUT2D eigenvalue weighted by Gasteiger charge is -2.36. The van der Waals surface area contributed by atoms with Crippen molar-refractivity contribution in [2.45, 2.75) is 19.6 Å². The van der Waals surface area contributed by atoms with Gasteiger partial charge in [0.15, 0.2) is 11.5 Å². The molecule has 0 bridgehead atoms. The summed E-state index contributed by atoms with van der Waals surface area (Å²) in [6.45, 7) is 5.34. The predicted octanol–water partition coefficient (Wildman–Crippen LogP) is 0.944. The van der Waals surface area contributed by atoms with Gasteiger partial charge in [0.1, 0.15) is 11.6 Å². The molecule has 4 heterocycles. The molecule has 1 saturated heterocycles. The molecule has 30 heavy (non-hydrogen) atoms. The average molecular weight is 427 g/mol. The molecule has 0 spiro atoms. The Balaban J connectivity index is 1.19. The number of aryl methyl sites for hydroxylation is 1. The van der Waals surface area contributed by atoms with Crippen LogP contribution in [0.5, 0.6) is 11.5 Å². The highest BCUT2D eigenvalue weighted by molar-refractivity contribution is 7.16. The van der Waals surface area contributed by atoms with Gasteiger partial charge in [-0.3, -0.25) is 14.5 Å². The number of piperazine rings is 1. The molecule has 5 rings (SSSR count). The van der Waals surface area contributed by atoms with Gasteiger partial charge >= 0.3 is 0 Å². The summed E-state index contributed by atoms with van der Waals surface area (Å²) in [4.78, 5) is 33.9. The molecular weight excluding hydrogens is 406 g/mol. The highest BCUT2D eigenvalue weighted by Crippen LogP contribution is 2.31. The van der Waals surface area contributed by atoms with Crippen molar-refractivity contribution in [3.63, 3.8) is 0 Å². The number of rotatable bonds is 3. The van der Waals surface area contributed by atoms with E-state index in [2.05, 4.69) is 15.0 Å². The van der Waals surface area contributed by atoms with Gasteiger partial charge in [0.05, 0.1) is 6.54 Å². The first-order valence-electron chi connectivity index (χ1n) is 9.83. The predicted molar refractivity (Wildman–Crippen MR) is 110 cm³/mol. The summed E-state index contributed by atoms with van der Waals surface area (Å²) in [5, 5.41) is 5.24. The number of hydrogen-bond donors (Lipinski definition) is 0. The van der Waals surface area contributed by atoms with Crippen LogP contribution in [0.1, 0.15) is 10.7 Å². The minimum absolute atomic E-state index is 0.0460. The minimum atomic E-state index is -0.614. The van der Waals surface area contributed by atoms with Gasteiger partial charge in [0, 0.05) is 37.9 Å². The highest BCUT2D eigenvalue weighted by atomic mass is 32.1. The number of nitrogens with zero attached hydrogens (tertiary/aromatic N) is 5. The van der Waals surface area contributed by atoms with E-state index in [-0.39, 0.29) is 18.1 Å². The van der Waals surface area contributed by atoms with Crippen LogP contribution in [0, 0.1) is 6.92 Å². The van der Waals surface area contributed by atoms with Crippen LogP contribution in [-0.2, 0) is 11.3 Å². The first kappa shape index (κ1) is 19.0. The van der Waals surface area contributed by atoms with E-state index in [1.54, 1.807) is 6.92 Å². The van der Waals surface area contributed by atoms with Crippen LogP contribution in [0.4, 0.5) is 0 Å². The largest absolute Gasteiger partial charge is 0.485 e. The van der Waals surface area contributed by atoms with Crippen molar-refractivity contribution >= 4 is 22.2 Å². The van der Waals surface area contributed by atoms with Crippen molar-refractivity contribution in [2.24, 2.45) is 0 Å². The van der Waals surface area contributed by atoms with Crippen molar-refractivity contribution in [1.29, 1.82) is 0 Å². The third-order valence-electron chi connectivity index (χ3n) is 5.24. The number of ether oxygens (including phenoxy) is 2. The molecule has 0 radical (unpaired) electrons. The van der Waals surface area contributed by atoms with Gasteiger partial charge in [-0.05, 0) is 19.1 Å². The molecule has 0 N–H and O–H groups in total. The Labute approximate surface area is 176 Å². The van der Waals surface area contributed by atoms with Crippen molar-refractivity contribution in [1.82, 2.24) is 24.4 Å². The molecule has 1 aromatic carbocycles. The van der Waals surface area contributed by atoms with Crippen LogP contribution >= 0.6 is 11.3 Å². The Hall–Kier alpha value is -2.98. The van der Waals surface area contributed by atoms with Crippen LogP contribution in [0.3, 0.4) is 0 Å². The van der Waals surface area contributed by atoms with E-state index in [0.29, 0.717) is 41.8 Å². The third-order valence-corrected chi connectivity index (χ3v) is 6.13. The second kappa shape index (κ2) is 7.69. The highest BCUT2D eigenvalue weighted by Gasteiger charge is 2.32. The molecular formula is C20H21N5O4S. The fraction of sp³-hybridized carbons (Fsp3) is 0.400. The number of aromatic nitrogens is 3. The van der Waals surface area contributed by atoms with Gasteiger partial charge in [0.25, 0.3) is 11.5 Å². The standard InChI is InChI=1S/C20H21N5O4S/c1-13-10-18(26)25-20(21-13)30-17(22-25)11-23-6-8-24(9-7-23)19(27)16-12-28-14-4-2-3-5-15(14)29-16/h2-5,10,16H,6-9,11-12H2,1H3/t16-/m1/s1. The lowest BCUT2D eigenvalue weighted by Crippen LogP contribution is -2.53. The second-order valence-corrected chi connectivity index (χ2v) is 8.43. The summed E-state index contributed by atoms with van der Waals surface area (Å²) in [7, 11) is 0. The van der Waals surface area contributed by atoms with Gasteiger partial charge < -0.3 is 14.4 Å². The maximum absolute atomic E-state index is 12.9. The number of carbonyl (C=O) groups excluding carboxylic acids is 1. The number of carbonyl (C=O) groups is 1. The zero-order valence-corrected chi connectivity index (χ0v) is 17.3. The van der Waals surface area contributed by atoms with Crippen molar-refractivity contribution < 1.29 is 14.3 Å². The molecule has 2 aliphatic heterocycles. The van der Waals surface area contributed by atoms with E-state index < -0.39 is 6.10 Å². The number of hydrogen-bond acceptors (Lipinski definition) is 8.